The molecule has 2 aromatic rings. The molecule has 0 bridgehead atoms. The van der Waals surface area contributed by atoms with Gasteiger partial charge in [-0.3, -0.25) is 4.98 Å². The number of alkyl halides is 1. The molecule has 0 fully saturated rings. The minimum Gasteiger partial charge on any atom is -0.326 e. The third-order valence-electron chi connectivity index (χ3n) is 3.92. The van der Waals surface area contributed by atoms with Crippen molar-refractivity contribution in [3.63, 3.8) is 0 Å². The zero-order valence-electron chi connectivity index (χ0n) is 12.6. The summed E-state index contributed by atoms with van der Waals surface area (Å²) in [7, 11) is 0. The predicted octanol–water partition coefficient (Wildman–Crippen LogP) is 4.95. The van der Waals surface area contributed by atoms with E-state index in [-0.39, 0.29) is 5.38 Å². The Morgan fingerprint density at radius 3 is 2.80 bits per heavy atom. The summed E-state index contributed by atoms with van der Waals surface area (Å²) in [6.45, 7) is 7.51. The molecule has 2 unspecified atom stereocenters. The third kappa shape index (κ3) is 3.32. The van der Waals surface area contributed by atoms with E-state index in [0.29, 0.717) is 5.92 Å². The molecule has 0 aliphatic carbocycles. The van der Waals surface area contributed by atoms with Crippen molar-refractivity contribution in [1.29, 1.82) is 0 Å². The monoisotopic (exact) mass is 293 g/mol. The maximum atomic E-state index is 6.31. The second kappa shape index (κ2) is 7.07. The van der Waals surface area contributed by atoms with Crippen molar-refractivity contribution in [2.45, 2.75) is 58.4 Å². The number of rotatable bonds is 7. The molecule has 2 heterocycles. The fourth-order valence-electron chi connectivity index (χ4n) is 2.67. The van der Waals surface area contributed by atoms with Gasteiger partial charge in [0.15, 0.2) is 0 Å². The van der Waals surface area contributed by atoms with Crippen LogP contribution in [0.2, 0.25) is 0 Å². The Morgan fingerprint density at radius 2 is 2.15 bits per heavy atom. The van der Waals surface area contributed by atoms with Gasteiger partial charge in [0.25, 0.3) is 0 Å². The Bertz CT molecular complexity index is 548. The molecule has 0 N–H and O–H groups in total. The van der Waals surface area contributed by atoms with Crippen LogP contribution in [0.5, 0.6) is 0 Å². The molecule has 0 aromatic carbocycles. The molecule has 2 aromatic heterocycles. The Kier molecular flexibility index (Phi) is 5.41. The number of halogens is 1. The number of fused-ring (bicyclic) bond motifs is 1. The molecular formula is C16H24ClN3. The topological polar surface area (TPSA) is 30.7 Å². The van der Waals surface area contributed by atoms with Crippen LogP contribution in [0.25, 0.3) is 11.0 Å². The maximum absolute atomic E-state index is 6.31. The van der Waals surface area contributed by atoms with E-state index in [0.717, 1.165) is 23.4 Å². The van der Waals surface area contributed by atoms with Gasteiger partial charge in [0.2, 0.25) is 0 Å². The maximum Gasteiger partial charge on any atom is 0.127 e. The average molecular weight is 294 g/mol. The van der Waals surface area contributed by atoms with Crippen LogP contribution in [0, 0.1) is 5.92 Å². The highest BCUT2D eigenvalue weighted by atomic mass is 35.5. The molecule has 0 radical (unpaired) electrons. The lowest BCUT2D eigenvalue weighted by Gasteiger charge is -2.18. The van der Waals surface area contributed by atoms with Crippen molar-refractivity contribution in [3.8, 4) is 0 Å². The van der Waals surface area contributed by atoms with Gasteiger partial charge in [0.05, 0.1) is 17.1 Å². The molecule has 3 nitrogen and oxygen atoms in total. The van der Waals surface area contributed by atoms with Gasteiger partial charge in [0, 0.05) is 12.7 Å². The fourth-order valence-corrected chi connectivity index (χ4v) is 2.84. The Balaban J connectivity index is 2.33. The third-order valence-corrected chi connectivity index (χ3v) is 4.12. The summed E-state index contributed by atoms with van der Waals surface area (Å²) >= 11 is 6.31. The largest absolute Gasteiger partial charge is 0.326 e. The molecule has 4 heteroatoms. The van der Waals surface area contributed by atoms with Gasteiger partial charge in [-0.1, -0.05) is 33.1 Å². The molecule has 0 aliphatic rings. The molecule has 0 saturated heterocycles. The SMILES string of the molecule is CCCCC(CC)Cn1c(C(C)Cl)nc2cnccc21. The van der Waals surface area contributed by atoms with Crippen LogP contribution >= 0.6 is 11.6 Å². The highest BCUT2D eigenvalue weighted by Crippen LogP contribution is 2.26. The minimum absolute atomic E-state index is 0.0777. The lowest BCUT2D eigenvalue weighted by molar-refractivity contribution is 0.389. The zero-order valence-corrected chi connectivity index (χ0v) is 13.4. The molecule has 2 atom stereocenters. The standard InChI is InChI=1S/C16H24ClN3/c1-4-6-7-13(5-2)11-20-15-8-9-18-10-14(15)19-16(20)12(3)17/h8-10,12-13H,4-7,11H2,1-3H3. The highest BCUT2D eigenvalue weighted by Gasteiger charge is 2.17. The summed E-state index contributed by atoms with van der Waals surface area (Å²) in [5, 5.41) is -0.0777. The summed E-state index contributed by atoms with van der Waals surface area (Å²) < 4.78 is 2.29. The Labute approximate surface area is 126 Å². The van der Waals surface area contributed by atoms with E-state index in [2.05, 4.69) is 28.4 Å². The summed E-state index contributed by atoms with van der Waals surface area (Å²) in [5.41, 5.74) is 2.10. The van der Waals surface area contributed by atoms with Crippen molar-refractivity contribution >= 4 is 22.6 Å². The van der Waals surface area contributed by atoms with E-state index in [1.165, 1.54) is 25.7 Å². The number of pyridine rings is 1. The summed E-state index contributed by atoms with van der Waals surface area (Å²) in [6, 6.07) is 2.04. The highest BCUT2D eigenvalue weighted by molar-refractivity contribution is 6.20. The van der Waals surface area contributed by atoms with E-state index < -0.39 is 0 Å². The van der Waals surface area contributed by atoms with Crippen LogP contribution < -0.4 is 0 Å². The second-order valence-electron chi connectivity index (χ2n) is 5.48. The van der Waals surface area contributed by atoms with Crippen molar-refractivity contribution in [1.82, 2.24) is 14.5 Å². The molecular weight excluding hydrogens is 270 g/mol. The number of hydrogen-bond acceptors (Lipinski definition) is 2. The van der Waals surface area contributed by atoms with Crippen molar-refractivity contribution in [3.05, 3.63) is 24.3 Å². The number of nitrogens with zero attached hydrogens (tertiary/aromatic N) is 3. The van der Waals surface area contributed by atoms with Gasteiger partial charge < -0.3 is 4.57 Å². The van der Waals surface area contributed by atoms with Gasteiger partial charge in [0.1, 0.15) is 11.3 Å². The number of unbranched alkanes of at least 4 members (excludes halogenated alkanes) is 1. The number of imidazole rings is 1. The molecule has 110 valence electrons. The van der Waals surface area contributed by atoms with E-state index in [4.69, 9.17) is 11.6 Å². The van der Waals surface area contributed by atoms with Crippen LogP contribution in [0.4, 0.5) is 0 Å². The van der Waals surface area contributed by atoms with Crippen molar-refractivity contribution in [2.75, 3.05) is 0 Å². The molecule has 0 saturated carbocycles. The van der Waals surface area contributed by atoms with E-state index in [9.17, 15) is 0 Å². The van der Waals surface area contributed by atoms with Gasteiger partial charge >= 0.3 is 0 Å². The first-order valence-corrected chi connectivity index (χ1v) is 8.05. The van der Waals surface area contributed by atoms with Gasteiger partial charge in [-0.15, -0.1) is 11.6 Å². The molecule has 0 amide bonds. The average Bonchev–Trinajstić information content (AvgIpc) is 2.82. The lowest BCUT2D eigenvalue weighted by atomic mass is 9.99. The van der Waals surface area contributed by atoms with E-state index in [1.54, 1.807) is 0 Å². The first kappa shape index (κ1) is 15.3. The van der Waals surface area contributed by atoms with Gasteiger partial charge in [-0.25, -0.2) is 4.98 Å². The fraction of sp³-hybridized carbons (Fsp3) is 0.625. The van der Waals surface area contributed by atoms with Crippen LogP contribution in [0.3, 0.4) is 0 Å². The predicted molar refractivity (Wildman–Crippen MR) is 85.1 cm³/mol. The Hall–Kier alpha value is -1.09. The lowest BCUT2D eigenvalue weighted by Crippen LogP contribution is -2.13. The van der Waals surface area contributed by atoms with Crippen LogP contribution in [-0.2, 0) is 6.54 Å². The van der Waals surface area contributed by atoms with Gasteiger partial charge in [-0.05, 0) is 25.3 Å². The van der Waals surface area contributed by atoms with Crippen molar-refractivity contribution < 1.29 is 0 Å². The summed E-state index contributed by atoms with van der Waals surface area (Å²) in [6.07, 6.45) is 8.66. The number of hydrogen-bond donors (Lipinski definition) is 0. The smallest absolute Gasteiger partial charge is 0.127 e. The molecule has 20 heavy (non-hydrogen) atoms. The Morgan fingerprint density at radius 1 is 1.35 bits per heavy atom. The summed E-state index contributed by atoms with van der Waals surface area (Å²) in [4.78, 5) is 8.80. The zero-order chi connectivity index (χ0) is 14.5. The van der Waals surface area contributed by atoms with Crippen molar-refractivity contribution in [2.24, 2.45) is 5.92 Å². The van der Waals surface area contributed by atoms with Crippen LogP contribution in [0.1, 0.15) is 57.7 Å². The van der Waals surface area contributed by atoms with Crippen LogP contribution in [0.15, 0.2) is 18.5 Å². The molecule has 0 aliphatic heterocycles. The van der Waals surface area contributed by atoms with E-state index >= 15 is 0 Å². The second-order valence-corrected chi connectivity index (χ2v) is 6.13. The first-order chi connectivity index (χ1) is 9.67. The molecule has 2 rings (SSSR count). The quantitative estimate of drug-likeness (QED) is 0.676. The summed E-state index contributed by atoms with van der Waals surface area (Å²) in [5.74, 6) is 1.65. The minimum atomic E-state index is -0.0777. The number of aromatic nitrogens is 3. The van der Waals surface area contributed by atoms with E-state index in [1.807, 2.05) is 25.4 Å². The van der Waals surface area contributed by atoms with Crippen LogP contribution in [-0.4, -0.2) is 14.5 Å². The normalized spacial score (nSPS) is 14.6. The first-order valence-electron chi connectivity index (χ1n) is 7.61. The molecule has 0 spiro atoms. The van der Waals surface area contributed by atoms with Gasteiger partial charge in [-0.2, -0.15) is 0 Å².